The molecule has 1 saturated heterocycles. The zero-order chi connectivity index (χ0) is 21.8. The Morgan fingerprint density at radius 3 is 2.90 bits per heavy atom. The van der Waals surface area contributed by atoms with Crippen LogP contribution in [0.25, 0.3) is 16.8 Å². The van der Waals surface area contributed by atoms with Crippen molar-refractivity contribution in [2.75, 3.05) is 12.3 Å². The molecule has 1 aliphatic heterocycles. The third-order valence-corrected chi connectivity index (χ3v) is 5.13. The number of terminal acetylenes is 1. The molecular weight excluding hydrogens is 390 g/mol. The lowest BCUT2D eigenvalue weighted by Crippen LogP contribution is -2.21. The maximum atomic E-state index is 12.5. The lowest BCUT2D eigenvalue weighted by atomic mass is 10.1. The van der Waals surface area contributed by atoms with Crippen LogP contribution in [0.4, 0.5) is 5.82 Å². The predicted molar refractivity (Wildman–Crippen MR) is 121 cm³/mol. The number of anilines is 1. The highest BCUT2D eigenvalue weighted by molar-refractivity contribution is 5.96. The van der Waals surface area contributed by atoms with E-state index in [0.29, 0.717) is 17.2 Å². The summed E-state index contributed by atoms with van der Waals surface area (Å²) in [5, 5.41) is 6.18. The molecule has 3 aromatic rings. The number of aromatic nitrogens is 3. The Morgan fingerprint density at radius 2 is 2.23 bits per heavy atom. The van der Waals surface area contributed by atoms with Crippen LogP contribution in [-0.4, -0.2) is 33.0 Å². The summed E-state index contributed by atoms with van der Waals surface area (Å²) in [6, 6.07) is 7.35. The van der Waals surface area contributed by atoms with E-state index < -0.39 is 0 Å². The van der Waals surface area contributed by atoms with Gasteiger partial charge in [-0.1, -0.05) is 18.1 Å². The van der Waals surface area contributed by atoms with Crippen molar-refractivity contribution in [3.05, 3.63) is 59.9 Å². The topological polar surface area (TPSA) is 110 Å². The van der Waals surface area contributed by atoms with E-state index in [1.165, 1.54) is 6.08 Å². The summed E-state index contributed by atoms with van der Waals surface area (Å²) in [4.78, 5) is 25.7. The Labute approximate surface area is 180 Å². The molecule has 3 heterocycles. The highest BCUT2D eigenvalue weighted by Gasteiger charge is 2.24. The maximum Gasteiger partial charge on any atom is 0.256 e. The number of imidazole rings is 1. The van der Waals surface area contributed by atoms with Crippen LogP contribution in [0.1, 0.15) is 42.0 Å². The van der Waals surface area contributed by atoms with Gasteiger partial charge in [0.25, 0.3) is 5.91 Å². The molecule has 0 unspecified atom stereocenters. The van der Waals surface area contributed by atoms with E-state index >= 15 is 0 Å². The molecule has 1 fully saturated rings. The Morgan fingerprint density at radius 1 is 1.42 bits per heavy atom. The number of rotatable bonds is 5. The van der Waals surface area contributed by atoms with Gasteiger partial charge in [-0.15, -0.1) is 6.42 Å². The number of nitrogens with two attached hydrogens (primary N) is 1. The summed E-state index contributed by atoms with van der Waals surface area (Å²) in [6.07, 6.45) is 13.9. The molecule has 2 aromatic heterocycles. The SMILES string of the molecule is C#C/C=C(\N=C/C)NC(=O)c1ccc(-c2nc([C@@H]3CCCN3)n3ccnc(N)c23)cc1. The zero-order valence-corrected chi connectivity index (χ0v) is 17.2. The van der Waals surface area contributed by atoms with Crippen molar-refractivity contribution >= 4 is 23.5 Å². The number of nitrogens with zero attached hydrogens (tertiary/aromatic N) is 4. The number of hydrogen-bond donors (Lipinski definition) is 3. The molecule has 0 spiro atoms. The number of aliphatic imine (C=N–C) groups is 1. The van der Waals surface area contributed by atoms with Crippen molar-refractivity contribution in [3.63, 3.8) is 0 Å². The summed E-state index contributed by atoms with van der Waals surface area (Å²) in [5.74, 6) is 3.71. The van der Waals surface area contributed by atoms with Gasteiger partial charge in [0.2, 0.25) is 0 Å². The summed E-state index contributed by atoms with van der Waals surface area (Å²) in [5.41, 5.74) is 9.04. The van der Waals surface area contributed by atoms with Gasteiger partial charge in [-0.2, -0.15) is 0 Å². The highest BCUT2D eigenvalue weighted by Crippen LogP contribution is 2.32. The number of nitrogens with one attached hydrogen (secondary N) is 2. The molecule has 1 aromatic carbocycles. The number of benzene rings is 1. The molecule has 1 aliphatic rings. The third-order valence-electron chi connectivity index (χ3n) is 5.13. The van der Waals surface area contributed by atoms with Crippen LogP contribution in [0, 0.1) is 12.3 Å². The van der Waals surface area contributed by atoms with Crippen molar-refractivity contribution in [1.82, 2.24) is 25.0 Å². The van der Waals surface area contributed by atoms with E-state index in [2.05, 4.69) is 26.5 Å². The number of allylic oxidation sites excluding steroid dienone is 1. The number of carbonyl (C=O) groups is 1. The second-order valence-corrected chi connectivity index (χ2v) is 7.11. The second-order valence-electron chi connectivity index (χ2n) is 7.11. The molecule has 4 rings (SSSR count). The molecule has 0 aliphatic carbocycles. The number of amides is 1. The third kappa shape index (κ3) is 4.04. The molecular formula is C23H23N7O. The van der Waals surface area contributed by atoms with E-state index in [-0.39, 0.29) is 11.9 Å². The van der Waals surface area contributed by atoms with Gasteiger partial charge in [-0.25, -0.2) is 15.0 Å². The summed E-state index contributed by atoms with van der Waals surface area (Å²) >= 11 is 0. The minimum absolute atomic E-state index is 0.175. The molecule has 8 heteroatoms. The fourth-order valence-electron chi connectivity index (χ4n) is 3.73. The Hall–Kier alpha value is -3.96. The van der Waals surface area contributed by atoms with E-state index in [1.54, 1.807) is 31.5 Å². The van der Waals surface area contributed by atoms with Gasteiger partial charge >= 0.3 is 0 Å². The highest BCUT2D eigenvalue weighted by atomic mass is 16.1. The van der Waals surface area contributed by atoms with Gasteiger partial charge in [0, 0.05) is 35.8 Å². The smallest absolute Gasteiger partial charge is 0.256 e. The Bertz CT molecular complexity index is 1210. The maximum absolute atomic E-state index is 12.5. The normalized spacial score (nSPS) is 16.6. The molecule has 31 heavy (non-hydrogen) atoms. The first-order valence-corrected chi connectivity index (χ1v) is 10.0. The van der Waals surface area contributed by atoms with E-state index in [1.807, 2.05) is 22.7 Å². The number of fused-ring (bicyclic) bond motifs is 1. The van der Waals surface area contributed by atoms with Crippen molar-refractivity contribution in [3.8, 4) is 23.6 Å². The fourth-order valence-corrected chi connectivity index (χ4v) is 3.73. The van der Waals surface area contributed by atoms with Crippen LogP contribution >= 0.6 is 0 Å². The van der Waals surface area contributed by atoms with Crippen LogP contribution < -0.4 is 16.4 Å². The molecule has 0 saturated carbocycles. The van der Waals surface area contributed by atoms with Gasteiger partial charge in [0.1, 0.15) is 28.7 Å². The molecule has 8 nitrogen and oxygen atoms in total. The first-order valence-electron chi connectivity index (χ1n) is 10.0. The van der Waals surface area contributed by atoms with Gasteiger partial charge in [0.05, 0.1) is 6.04 Å². The second kappa shape index (κ2) is 8.81. The van der Waals surface area contributed by atoms with Gasteiger partial charge < -0.3 is 16.4 Å². The Balaban J connectivity index is 1.67. The molecule has 156 valence electrons. The number of hydrogen-bond acceptors (Lipinski definition) is 6. The van der Waals surface area contributed by atoms with Crippen molar-refractivity contribution in [2.45, 2.75) is 25.8 Å². The van der Waals surface area contributed by atoms with Crippen LogP contribution in [0.3, 0.4) is 0 Å². The average Bonchev–Trinajstić information content (AvgIpc) is 3.43. The zero-order valence-electron chi connectivity index (χ0n) is 17.2. The monoisotopic (exact) mass is 413 g/mol. The minimum atomic E-state index is -0.301. The lowest BCUT2D eigenvalue weighted by Gasteiger charge is -2.08. The standard InChI is InChI=1S/C23H23N7O/c1-3-6-18(25-4-2)28-23(31)16-10-8-15(9-11-16)19-20-21(24)27-13-14-30(20)22(29-19)17-7-5-12-26-17/h1,4,6,8-11,13-14,17,26H,5,7,12H2,2H3,(H2,24,27)(H,28,31)/b18-6+,25-4-/t17-/m0/s1. The van der Waals surface area contributed by atoms with Crippen molar-refractivity contribution < 1.29 is 4.79 Å². The molecule has 0 radical (unpaired) electrons. The molecule has 0 bridgehead atoms. The Kier molecular flexibility index (Phi) is 5.78. The van der Waals surface area contributed by atoms with Crippen molar-refractivity contribution in [2.24, 2.45) is 4.99 Å². The van der Waals surface area contributed by atoms with Crippen LogP contribution in [0.15, 0.2) is 53.5 Å². The lowest BCUT2D eigenvalue weighted by molar-refractivity contribution is 0.0965. The van der Waals surface area contributed by atoms with Gasteiger partial charge in [0.15, 0.2) is 0 Å². The van der Waals surface area contributed by atoms with Gasteiger partial charge in [-0.3, -0.25) is 9.20 Å². The number of carbonyl (C=O) groups excluding carboxylic acids is 1. The summed E-state index contributed by atoms with van der Waals surface area (Å²) < 4.78 is 2.00. The van der Waals surface area contributed by atoms with Crippen LogP contribution in [-0.2, 0) is 0 Å². The van der Waals surface area contributed by atoms with E-state index in [9.17, 15) is 4.79 Å². The molecule has 1 amide bonds. The number of nitrogen functional groups attached to an aromatic ring is 1. The first-order chi connectivity index (χ1) is 15.1. The van der Waals surface area contributed by atoms with E-state index in [4.69, 9.17) is 17.1 Å². The molecule has 1 atom stereocenters. The summed E-state index contributed by atoms with van der Waals surface area (Å²) in [7, 11) is 0. The minimum Gasteiger partial charge on any atom is -0.382 e. The van der Waals surface area contributed by atoms with Gasteiger partial charge in [-0.05, 0) is 38.4 Å². The predicted octanol–water partition coefficient (Wildman–Crippen LogP) is 2.70. The molecule has 4 N–H and O–H groups in total. The summed E-state index contributed by atoms with van der Waals surface area (Å²) in [6.45, 7) is 2.72. The first kappa shape index (κ1) is 20.3. The quantitative estimate of drug-likeness (QED) is 0.440. The average molecular weight is 413 g/mol. The fraction of sp³-hybridized carbons (Fsp3) is 0.217. The van der Waals surface area contributed by atoms with Crippen molar-refractivity contribution in [1.29, 1.82) is 0 Å². The van der Waals surface area contributed by atoms with Crippen LogP contribution in [0.5, 0.6) is 0 Å². The largest absolute Gasteiger partial charge is 0.382 e. The van der Waals surface area contributed by atoms with Crippen LogP contribution in [0.2, 0.25) is 0 Å². The van der Waals surface area contributed by atoms with E-state index in [0.717, 1.165) is 42.0 Å².